The van der Waals surface area contributed by atoms with E-state index in [-0.39, 0.29) is 7.11 Å². The first-order chi connectivity index (χ1) is 10.2. The van der Waals surface area contributed by atoms with Crippen molar-refractivity contribution in [2.45, 2.75) is 29.8 Å². The van der Waals surface area contributed by atoms with E-state index < -0.39 is 46.2 Å². The van der Waals surface area contributed by atoms with Gasteiger partial charge in [0.15, 0.2) is 0 Å². The van der Waals surface area contributed by atoms with Crippen LogP contribution >= 0.6 is 0 Å². The largest absolute Gasteiger partial charge is 0.465 e. The topological polar surface area (TPSA) is 89.9 Å². The normalized spacial score (nSPS) is 17.3. The molecule has 0 aliphatic rings. The van der Waals surface area contributed by atoms with Crippen molar-refractivity contribution in [3.05, 3.63) is 0 Å². The van der Waals surface area contributed by atoms with Crippen LogP contribution in [0.5, 0.6) is 0 Å². The van der Waals surface area contributed by atoms with Crippen LogP contribution < -0.4 is 0 Å². The first-order valence-corrected chi connectivity index (χ1v) is 6.21. The molecular weight excluding hydrogens is 402 g/mol. The summed E-state index contributed by atoms with van der Waals surface area (Å²) in [5.74, 6) is -32.8. The summed E-state index contributed by atoms with van der Waals surface area (Å²) in [6, 6.07) is 0. The number of hydrogen-bond donors (Lipinski definition) is 1. The fourth-order valence-electron chi connectivity index (χ4n) is 1.07. The molecule has 0 bridgehead atoms. The van der Waals surface area contributed by atoms with E-state index in [1.807, 2.05) is 0 Å². The Morgan fingerprint density at radius 2 is 1.21 bits per heavy atom. The lowest BCUT2D eigenvalue weighted by atomic mass is 9.97. The summed E-state index contributed by atoms with van der Waals surface area (Å²) in [4.78, 5) is 10.7. The lowest BCUT2D eigenvalue weighted by Crippen LogP contribution is -2.70. The minimum atomic E-state index is -7.76. The van der Waals surface area contributed by atoms with E-state index in [1.54, 1.807) is 0 Å². The van der Waals surface area contributed by atoms with Crippen LogP contribution in [0.1, 0.15) is 0 Å². The number of carbonyl (C=O) groups excluding carboxylic acids is 1. The van der Waals surface area contributed by atoms with Crippen molar-refractivity contribution in [1.29, 1.82) is 0 Å². The quantitative estimate of drug-likeness (QED) is 0.413. The molecule has 17 heteroatoms. The monoisotopic (exact) mass is 406 g/mol. The molecule has 0 saturated carbocycles. The molecule has 0 saturated heterocycles. The molecule has 0 amide bonds. The average molecular weight is 406 g/mol. The Labute approximate surface area is 125 Å². The van der Waals surface area contributed by atoms with Crippen LogP contribution in [-0.2, 0) is 24.1 Å². The molecule has 0 radical (unpaired) electrons. The number of rotatable bonds is 6. The van der Waals surface area contributed by atoms with Crippen LogP contribution in [0, 0.1) is 0 Å². The van der Waals surface area contributed by atoms with Crippen molar-refractivity contribution >= 4 is 16.4 Å². The summed E-state index contributed by atoms with van der Waals surface area (Å²) in [5, 5.41) is 0. The predicted octanol–water partition coefficient (Wildman–Crippen LogP) is 2.11. The van der Waals surface area contributed by atoms with Crippen molar-refractivity contribution in [2.75, 3.05) is 7.11 Å². The van der Waals surface area contributed by atoms with Gasteiger partial charge in [0.1, 0.15) is 0 Å². The van der Waals surface area contributed by atoms with Crippen molar-refractivity contribution < 1.29 is 70.6 Å². The van der Waals surface area contributed by atoms with Gasteiger partial charge in [-0.05, 0) is 0 Å². The lowest BCUT2D eigenvalue weighted by Gasteiger charge is -2.37. The highest BCUT2D eigenvalue weighted by molar-refractivity contribution is 7.81. The van der Waals surface area contributed by atoms with E-state index in [2.05, 4.69) is 8.92 Å². The molecule has 0 aromatic heterocycles. The Balaban J connectivity index is 6.54. The summed E-state index contributed by atoms with van der Waals surface area (Å²) in [6.45, 7) is 0. The van der Waals surface area contributed by atoms with Gasteiger partial charge in [-0.15, -0.1) is 0 Å². The molecular formula is C7H4F10O6S. The lowest BCUT2D eigenvalue weighted by molar-refractivity contribution is -0.422. The molecule has 0 fully saturated rings. The number of carbonyl (C=O) groups is 1. The highest BCUT2D eigenvalue weighted by Gasteiger charge is 2.89. The van der Waals surface area contributed by atoms with Crippen molar-refractivity contribution in [1.82, 2.24) is 0 Å². The summed E-state index contributed by atoms with van der Waals surface area (Å²) >= 11 is 0. The number of esters is 1. The van der Waals surface area contributed by atoms with Gasteiger partial charge < -0.3 is 4.74 Å². The summed E-state index contributed by atoms with van der Waals surface area (Å²) < 4.78 is 161. The fraction of sp³-hybridized carbons (Fsp3) is 0.857. The van der Waals surface area contributed by atoms with Gasteiger partial charge >= 0.3 is 46.2 Å². The SMILES string of the molecule is COC(=O)C(F)(OS(=O)(=O)O)C(F)(F)C(F)(F)C(F)(F)C(F)(F)F. The van der Waals surface area contributed by atoms with Crippen LogP contribution in [0.4, 0.5) is 43.9 Å². The number of halogens is 10. The van der Waals surface area contributed by atoms with Crippen LogP contribution in [0.3, 0.4) is 0 Å². The van der Waals surface area contributed by atoms with Gasteiger partial charge in [0.05, 0.1) is 7.11 Å². The first kappa shape index (κ1) is 22.6. The maximum atomic E-state index is 13.7. The molecule has 0 heterocycles. The van der Waals surface area contributed by atoms with Gasteiger partial charge in [-0.25, -0.2) is 4.79 Å². The molecule has 24 heavy (non-hydrogen) atoms. The molecule has 0 spiro atoms. The summed E-state index contributed by atoms with van der Waals surface area (Å²) in [7, 11) is -6.65. The van der Waals surface area contributed by atoms with Crippen molar-refractivity contribution in [3.8, 4) is 0 Å². The second-order valence-electron chi connectivity index (χ2n) is 3.82. The third kappa shape index (κ3) is 3.37. The standard InChI is InChI=1S/C7H4F10O6S/c1-22-2(18)3(8,23-24(19,20)21)4(9,10)5(11,12)6(13,14)7(15,16)17/h1H3,(H,19,20,21). The van der Waals surface area contributed by atoms with Crippen molar-refractivity contribution in [3.63, 3.8) is 0 Å². The maximum Gasteiger partial charge on any atom is 0.460 e. The number of alkyl halides is 10. The number of methoxy groups -OCH3 is 1. The first-order valence-electron chi connectivity index (χ1n) is 4.84. The highest BCUT2D eigenvalue weighted by Crippen LogP contribution is 2.57. The minimum absolute atomic E-state index is 0.0693. The minimum Gasteiger partial charge on any atom is -0.465 e. The molecule has 0 rings (SSSR count). The van der Waals surface area contributed by atoms with Crippen LogP contribution in [0.15, 0.2) is 0 Å². The van der Waals surface area contributed by atoms with E-state index in [1.165, 1.54) is 0 Å². The van der Waals surface area contributed by atoms with Gasteiger partial charge in [-0.1, -0.05) is 0 Å². The molecule has 0 aromatic rings. The second kappa shape index (κ2) is 5.87. The van der Waals surface area contributed by atoms with Crippen LogP contribution in [-0.4, -0.2) is 55.8 Å². The van der Waals surface area contributed by atoms with Gasteiger partial charge in [0.25, 0.3) is 0 Å². The van der Waals surface area contributed by atoms with E-state index in [0.29, 0.717) is 0 Å². The second-order valence-corrected chi connectivity index (χ2v) is 4.84. The van der Waals surface area contributed by atoms with E-state index in [9.17, 15) is 57.1 Å². The number of hydrogen-bond acceptors (Lipinski definition) is 5. The smallest absolute Gasteiger partial charge is 0.460 e. The zero-order chi connectivity index (χ0) is 20.0. The zero-order valence-electron chi connectivity index (χ0n) is 10.7. The molecule has 1 unspecified atom stereocenters. The summed E-state index contributed by atoms with van der Waals surface area (Å²) in [5.41, 5.74) is 0. The molecule has 0 aliphatic carbocycles. The maximum absolute atomic E-state index is 13.7. The van der Waals surface area contributed by atoms with Crippen LogP contribution in [0.25, 0.3) is 0 Å². The van der Waals surface area contributed by atoms with Crippen LogP contribution in [0.2, 0.25) is 0 Å². The Kier molecular flexibility index (Phi) is 5.53. The Bertz CT molecular complexity index is 597. The van der Waals surface area contributed by atoms with Gasteiger partial charge in [-0.3, -0.25) is 4.55 Å². The third-order valence-corrected chi connectivity index (χ3v) is 2.66. The van der Waals surface area contributed by atoms with E-state index >= 15 is 0 Å². The third-order valence-electron chi connectivity index (χ3n) is 2.22. The Hall–Kier alpha value is -1.36. The Morgan fingerprint density at radius 1 is 0.833 bits per heavy atom. The predicted molar refractivity (Wildman–Crippen MR) is 49.4 cm³/mol. The van der Waals surface area contributed by atoms with Gasteiger partial charge in [0, 0.05) is 0 Å². The molecule has 0 aromatic carbocycles. The van der Waals surface area contributed by atoms with E-state index in [0.717, 1.165) is 0 Å². The average Bonchev–Trinajstić information content (AvgIpc) is 2.33. The number of ether oxygens (including phenoxy) is 1. The zero-order valence-corrected chi connectivity index (χ0v) is 11.5. The molecule has 144 valence electrons. The molecule has 1 atom stereocenters. The van der Waals surface area contributed by atoms with E-state index in [4.69, 9.17) is 4.55 Å². The molecule has 0 aliphatic heterocycles. The van der Waals surface area contributed by atoms with Gasteiger partial charge in [-0.2, -0.15) is 56.5 Å². The fourth-order valence-corrected chi connectivity index (χ4v) is 1.53. The Morgan fingerprint density at radius 3 is 1.46 bits per heavy atom. The highest BCUT2D eigenvalue weighted by atomic mass is 32.3. The molecule has 6 nitrogen and oxygen atoms in total. The van der Waals surface area contributed by atoms with Gasteiger partial charge in [0.2, 0.25) is 0 Å². The van der Waals surface area contributed by atoms with Crippen molar-refractivity contribution in [2.24, 2.45) is 0 Å². The summed E-state index contributed by atoms with van der Waals surface area (Å²) in [6.07, 6.45) is -7.38. The molecule has 1 N–H and O–H groups in total.